The highest BCUT2D eigenvalue weighted by Crippen LogP contribution is 2.19. The van der Waals surface area contributed by atoms with Crippen molar-refractivity contribution in [1.82, 2.24) is 9.62 Å². The van der Waals surface area contributed by atoms with E-state index in [0.717, 1.165) is 12.8 Å². The molecule has 0 radical (unpaired) electrons. The second-order valence-electron chi connectivity index (χ2n) is 4.27. The summed E-state index contributed by atoms with van der Waals surface area (Å²) in [6.45, 7) is 1.18. The summed E-state index contributed by atoms with van der Waals surface area (Å²) >= 11 is 0. The highest BCUT2D eigenvalue weighted by Gasteiger charge is 2.31. The van der Waals surface area contributed by atoms with Gasteiger partial charge in [0, 0.05) is 20.1 Å². The van der Waals surface area contributed by atoms with Crippen LogP contribution >= 0.6 is 0 Å². The largest absolute Gasteiger partial charge is 0.359 e. The average Bonchev–Trinajstić information content (AvgIpc) is 2.35. The van der Waals surface area contributed by atoms with Gasteiger partial charge in [0.1, 0.15) is 0 Å². The van der Waals surface area contributed by atoms with Crippen LogP contribution in [0.1, 0.15) is 19.3 Å². The first-order chi connectivity index (χ1) is 8.01. The van der Waals surface area contributed by atoms with Gasteiger partial charge in [0.05, 0.1) is 11.7 Å². The van der Waals surface area contributed by atoms with Crippen molar-refractivity contribution in [3.05, 3.63) is 0 Å². The lowest BCUT2D eigenvalue weighted by molar-refractivity contribution is -0.125. The van der Waals surface area contributed by atoms with Crippen molar-refractivity contribution in [3.8, 4) is 0 Å². The van der Waals surface area contributed by atoms with Crippen molar-refractivity contribution in [1.29, 1.82) is 0 Å². The average molecular weight is 263 g/mol. The number of amides is 1. The van der Waals surface area contributed by atoms with Gasteiger partial charge >= 0.3 is 0 Å². The molecule has 7 heteroatoms. The molecule has 0 aliphatic carbocycles. The third-order valence-corrected chi connectivity index (χ3v) is 4.92. The number of carbonyl (C=O) groups is 1. The molecule has 0 saturated carbocycles. The Balaban J connectivity index is 2.63. The van der Waals surface area contributed by atoms with Crippen LogP contribution in [-0.4, -0.2) is 51.1 Å². The molecule has 3 N–H and O–H groups in total. The van der Waals surface area contributed by atoms with Gasteiger partial charge in [0.25, 0.3) is 0 Å². The van der Waals surface area contributed by atoms with Crippen molar-refractivity contribution in [3.63, 3.8) is 0 Å². The maximum Gasteiger partial charge on any atom is 0.224 e. The molecule has 0 aromatic rings. The van der Waals surface area contributed by atoms with Gasteiger partial charge in [-0.1, -0.05) is 0 Å². The zero-order valence-electron chi connectivity index (χ0n) is 10.2. The minimum atomic E-state index is -3.25. The molecule has 1 atom stereocenters. The van der Waals surface area contributed by atoms with Gasteiger partial charge < -0.3 is 11.1 Å². The Hall–Kier alpha value is -0.660. The summed E-state index contributed by atoms with van der Waals surface area (Å²) in [6, 6.07) is 0. The first-order valence-electron chi connectivity index (χ1n) is 5.90. The van der Waals surface area contributed by atoms with E-state index in [1.807, 2.05) is 0 Å². The van der Waals surface area contributed by atoms with E-state index >= 15 is 0 Å². The molecule has 100 valence electrons. The molecule has 1 saturated heterocycles. The molecule has 17 heavy (non-hydrogen) atoms. The van der Waals surface area contributed by atoms with Crippen LogP contribution in [0.25, 0.3) is 0 Å². The van der Waals surface area contributed by atoms with E-state index in [9.17, 15) is 13.2 Å². The second kappa shape index (κ2) is 6.32. The van der Waals surface area contributed by atoms with Crippen molar-refractivity contribution in [2.24, 2.45) is 11.7 Å². The SMILES string of the molecule is CNC(=O)C1CCCN(S(=O)(=O)CCCN)C1. The number of piperidine rings is 1. The number of sulfonamides is 1. The number of carbonyl (C=O) groups excluding carboxylic acids is 1. The van der Waals surface area contributed by atoms with E-state index < -0.39 is 10.0 Å². The van der Waals surface area contributed by atoms with E-state index in [0.29, 0.717) is 26.1 Å². The maximum absolute atomic E-state index is 11.9. The molecule has 1 aliphatic rings. The number of rotatable bonds is 5. The molecule has 6 nitrogen and oxygen atoms in total. The highest BCUT2D eigenvalue weighted by atomic mass is 32.2. The summed E-state index contributed by atoms with van der Waals surface area (Å²) in [5.74, 6) is -0.227. The lowest BCUT2D eigenvalue weighted by Crippen LogP contribution is -2.45. The first kappa shape index (κ1) is 14.4. The number of nitrogens with zero attached hydrogens (tertiary/aromatic N) is 1. The van der Waals surface area contributed by atoms with Crippen LogP contribution in [0.4, 0.5) is 0 Å². The highest BCUT2D eigenvalue weighted by molar-refractivity contribution is 7.89. The summed E-state index contributed by atoms with van der Waals surface area (Å²) in [5, 5.41) is 2.57. The molecule has 1 amide bonds. The van der Waals surface area contributed by atoms with Crippen LogP contribution in [0.2, 0.25) is 0 Å². The Kier molecular flexibility index (Phi) is 5.35. The molecule has 1 rings (SSSR count). The molecule has 1 fully saturated rings. The topological polar surface area (TPSA) is 92.5 Å². The van der Waals surface area contributed by atoms with Crippen LogP contribution < -0.4 is 11.1 Å². The minimum absolute atomic E-state index is 0.0734. The molecule has 1 unspecified atom stereocenters. The Morgan fingerprint density at radius 1 is 1.53 bits per heavy atom. The molecule has 0 aromatic carbocycles. The van der Waals surface area contributed by atoms with Gasteiger partial charge in [-0.15, -0.1) is 0 Å². The zero-order chi connectivity index (χ0) is 12.9. The Bertz CT molecular complexity index is 356. The van der Waals surface area contributed by atoms with Crippen LogP contribution in [0, 0.1) is 5.92 Å². The van der Waals surface area contributed by atoms with Gasteiger partial charge in [-0.2, -0.15) is 0 Å². The summed E-state index contributed by atoms with van der Waals surface area (Å²) < 4.78 is 25.3. The molecule has 0 aromatic heterocycles. The zero-order valence-corrected chi connectivity index (χ0v) is 11.0. The van der Waals surface area contributed by atoms with Gasteiger partial charge in [-0.3, -0.25) is 4.79 Å². The van der Waals surface area contributed by atoms with E-state index in [-0.39, 0.29) is 17.6 Å². The van der Waals surface area contributed by atoms with Crippen molar-refractivity contribution < 1.29 is 13.2 Å². The van der Waals surface area contributed by atoms with Gasteiger partial charge in [0.2, 0.25) is 15.9 Å². The van der Waals surface area contributed by atoms with Crippen LogP contribution in [-0.2, 0) is 14.8 Å². The molecule has 1 heterocycles. The predicted molar refractivity (Wildman–Crippen MR) is 65.8 cm³/mol. The first-order valence-corrected chi connectivity index (χ1v) is 7.51. The number of nitrogens with two attached hydrogens (primary N) is 1. The smallest absolute Gasteiger partial charge is 0.224 e. The lowest BCUT2D eigenvalue weighted by Gasteiger charge is -2.30. The minimum Gasteiger partial charge on any atom is -0.359 e. The molecule has 0 spiro atoms. The summed E-state index contributed by atoms with van der Waals surface area (Å²) in [5.41, 5.74) is 5.32. The Labute approximate surface area is 103 Å². The fourth-order valence-electron chi connectivity index (χ4n) is 2.01. The quantitative estimate of drug-likeness (QED) is 0.674. The van der Waals surface area contributed by atoms with Crippen molar-refractivity contribution in [2.75, 3.05) is 32.4 Å². The predicted octanol–water partition coefficient (Wildman–Crippen LogP) is -0.877. The maximum atomic E-state index is 11.9. The summed E-state index contributed by atoms with van der Waals surface area (Å²) in [4.78, 5) is 11.5. The normalized spacial score (nSPS) is 22.4. The third-order valence-electron chi connectivity index (χ3n) is 3.00. The fourth-order valence-corrected chi connectivity index (χ4v) is 3.61. The van der Waals surface area contributed by atoms with E-state index in [1.165, 1.54) is 4.31 Å². The Morgan fingerprint density at radius 2 is 2.24 bits per heavy atom. The molecule has 1 aliphatic heterocycles. The fraction of sp³-hybridized carbons (Fsp3) is 0.900. The van der Waals surface area contributed by atoms with Gasteiger partial charge in [0.15, 0.2) is 0 Å². The second-order valence-corrected chi connectivity index (χ2v) is 6.36. The summed E-state index contributed by atoms with van der Waals surface area (Å²) in [7, 11) is -1.67. The number of nitrogens with one attached hydrogen (secondary N) is 1. The van der Waals surface area contributed by atoms with E-state index in [2.05, 4.69) is 5.32 Å². The Morgan fingerprint density at radius 3 is 2.82 bits per heavy atom. The standard InChI is InChI=1S/C10H21N3O3S/c1-12-10(14)9-4-2-6-13(8-9)17(15,16)7-3-5-11/h9H,2-8,11H2,1H3,(H,12,14). The molecule has 0 bridgehead atoms. The molecular formula is C10H21N3O3S. The number of hydrogen-bond acceptors (Lipinski definition) is 4. The molecular weight excluding hydrogens is 242 g/mol. The number of hydrogen-bond donors (Lipinski definition) is 2. The van der Waals surface area contributed by atoms with Crippen LogP contribution in [0.5, 0.6) is 0 Å². The van der Waals surface area contributed by atoms with E-state index in [1.54, 1.807) is 7.05 Å². The van der Waals surface area contributed by atoms with Gasteiger partial charge in [-0.25, -0.2) is 12.7 Å². The van der Waals surface area contributed by atoms with Crippen molar-refractivity contribution in [2.45, 2.75) is 19.3 Å². The third kappa shape index (κ3) is 3.93. The lowest BCUT2D eigenvalue weighted by atomic mass is 9.99. The van der Waals surface area contributed by atoms with Crippen LogP contribution in [0.15, 0.2) is 0 Å². The van der Waals surface area contributed by atoms with E-state index in [4.69, 9.17) is 5.73 Å². The van der Waals surface area contributed by atoms with Crippen molar-refractivity contribution >= 4 is 15.9 Å². The summed E-state index contributed by atoms with van der Waals surface area (Å²) in [6.07, 6.45) is 1.95. The van der Waals surface area contributed by atoms with Crippen LogP contribution in [0.3, 0.4) is 0 Å². The monoisotopic (exact) mass is 263 g/mol. The van der Waals surface area contributed by atoms with Gasteiger partial charge in [-0.05, 0) is 25.8 Å².